The highest BCUT2D eigenvalue weighted by atomic mass is 16.3. The number of fused-ring (bicyclic) bond motifs is 1. The normalized spacial score (nSPS) is 31.1. The molecule has 4 nitrogen and oxygen atoms in total. The molecule has 0 aromatic heterocycles. The van der Waals surface area contributed by atoms with Gasteiger partial charge in [0.15, 0.2) is 0 Å². The average Bonchev–Trinajstić information content (AvgIpc) is 3.06. The molecule has 1 saturated heterocycles. The van der Waals surface area contributed by atoms with Crippen LogP contribution in [0.2, 0.25) is 0 Å². The molecular weight excluding hydrogens is 264 g/mol. The van der Waals surface area contributed by atoms with E-state index in [1.54, 1.807) is 0 Å². The quantitative estimate of drug-likeness (QED) is 0.787. The first kappa shape index (κ1) is 14.5. The molecule has 0 saturated carbocycles. The van der Waals surface area contributed by atoms with E-state index < -0.39 is 6.10 Å². The minimum absolute atomic E-state index is 0.0927. The van der Waals surface area contributed by atoms with E-state index in [0.29, 0.717) is 6.42 Å². The van der Waals surface area contributed by atoms with E-state index >= 15 is 0 Å². The number of hydrogen-bond donors (Lipinski definition) is 3. The number of aliphatic hydroxyl groups is 1. The third kappa shape index (κ3) is 2.58. The Bertz CT molecular complexity index is 523. The Morgan fingerprint density at radius 2 is 2.29 bits per heavy atom. The first-order valence-electron chi connectivity index (χ1n) is 7.94. The maximum atomic E-state index is 12.8. The predicted molar refractivity (Wildman–Crippen MR) is 81.9 cm³/mol. The molecule has 3 rings (SSSR count). The molecule has 1 aromatic carbocycles. The summed E-state index contributed by atoms with van der Waals surface area (Å²) < 4.78 is 0. The Morgan fingerprint density at radius 3 is 3.00 bits per heavy atom. The van der Waals surface area contributed by atoms with Crippen molar-refractivity contribution in [3.05, 3.63) is 35.4 Å². The van der Waals surface area contributed by atoms with Crippen LogP contribution in [0.4, 0.5) is 0 Å². The van der Waals surface area contributed by atoms with Crippen LogP contribution in [-0.4, -0.2) is 30.2 Å². The summed E-state index contributed by atoms with van der Waals surface area (Å²) in [6, 6.07) is 7.73. The lowest BCUT2D eigenvalue weighted by atomic mass is 9.81. The van der Waals surface area contributed by atoms with Gasteiger partial charge in [0, 0.05) is 13.0 Å². The first-order valence-corrected chi connectivity index (χ1v) is 7.94. The number of carbonyl (C=O) groups is 1. The molecule has 1 amide bonds. The molecule has 0 bridgehead atoms. The minimum atomic E-state index is -0.514. The molecule has 21 heavy (non-hydrogen) atoms. The van der Waals surface area contributed by atoms with Gasteiger partial charge in [-0.15, -0.1) is 0 Å². The van der Waals surface area contributed by atoms with Crippen molar-refractivity contribution in [3.63, 3.8) is 0 Å². The summed E-state index contributed by atoms with van der Waals surface area (Å²) in [5, 5.41) is 16.7. The molecule has 1 aromatic rings. The topological polar surface area (TPSA) is 61.4 Å². The number of carbonyl (C=O) groups excluding carboxylic acids is 1. The van der Waals surface area contributed by atoms with Crippen LogP contribution in [0, 0.1) is 5.41 Å². The lowest BCUT2D eigenvalue weighted by Gasteiger charge is -2.29. The van der Waals surface area contributed by atoms with Gasteiger partial charge in [-0.2, -0.15) is 0 Å². The second-order valence-corrected chi connectivity index (χ2v) is 6.38. The van der Waals surface area contributed by atoms with Crippen molar-refractivity contribution in [3.8, 4) is 0 Å². The van der Waals surface area contributed by atoms with Gasteiger partial charge >= 0.3 is 0 Å². The number of hydrogen-bond acceptors (Lipinski definition) is 3. The van der Waals surface area contributed by atoms with Crippen LogP contribution in [0.1, 0.15) is 43.4 Å². The van der Waals surface area contributed by atoms with Gasteiger partial charge in [0.25, 0.3) is 0 Å². The highest BCUT2D eigenvalue weighted by Gasteiger charge is 2.42. The number of amides is 1. The van der Waals surface area contributed by atoms with Gasteiger partial charge in [0.1, 0.15) is 0 Å². The maximum absolute atomic E-state index is 12.8. The standard InChI is InChI=1S/C17H24N2O2/c1-2-7-17(8-9-18-11-17)16(21)19-15-13-6-4-3-5-12(13)10-14(15)20/h3-6,14-15,18,20H,2,7-11H2,1H3,(H,19,21)/t14-,15+,17?/m0/s1. The molecule has 3 N–H and O–H groups in total. The molecular formula is C17H24N2O2. The van der Waals surface area contributed by atoms with E-state index in [1.807, 2.05) is 24.3 Å². The molecule has 4 heteroatoms. The van der Waals surface area contributed by atoms with Crippen molar-refractivity contribution in [1.29, 1.82) is 0 Å². The third-order valence-electron chi connectivity index (χ3n) is 4.94. The monoisotopic (exact) mass is 288 g/mol. The van der Waals surface area contributed by atoms with Gasteiger partial charge < -0.3 is 15.7 Å². The van der Waals surface area contributed by atoms with E-state index in [0.717, 1.165) is 43.5 Å². The van der Waals surface area contributed by atoms with Crippen molar-refractivity contribution >= 4 is 5.91 Å². The number of aliphatic hydroxyl groups excluding tert-OH is 1. The van der Waals surface area contributed by atoms with Crippen molar-refractivity contribution < 1.29 is 9.90 Å². The number of benzene rings is 1. The molecule has 1 heterocycles. The highest BCUT2D eigenvalue weighted by molar-refractivity contribution is 5.84. The summed E-state index contributed by atoms with van der Waals surface area (Å²) in [7, 11) is 0. The van der Waals surface area contributed by atoms with Crippen LogP contribution in [0.15, 0.2) is 24.3 Å². The largest absolute Gasteiger partial charge is 0.390 e. The molecule has 1 aliphatic heterocycles. The average molecular weight is 288 g/mol. The van der Waals surface area contributed by atoms with Crippen LogP contribution < -0.4 is 10.6 Å². The smallest absolute Gasteiger partial charge is 0.228 e. The zero-order valence-electron chi connectivity index (χ0n) is 12.6. The SMILES string of the molecule is CCCC1(C(=O)N[C@@H]2c3ccccc3C[C@@H]2O)CCNC1. The van der Waals surface area contributed by atoms with Gasteiger partial charge in [-0.1, -0.05) is 37.6 Å². The van der Waals surface area contributed by atoms with Gasteiger partial charge in [-0.25, -0.2) is 0 Å². The van der Waals surface area contributed by atoms with Gasteiger partial charge in [-0.05, 0) is 30.5 Å². The van der Waals surface area contributed by atoms with E-state index in [-0.39, 0.29) is 17.4 Å². The van der Waals surface area contributed by atoms with Gasteiger partial charge in [-0.3, -0.25) is 4.79 Å². The summed E-state index contributed by atoms with van der Waals surface area (Å²) in [6.45, 7) is 3.77. The lowest BCUT2D eigenvalue weighted by molar-refractivity contribution is -0.132. The summed E-state index contributed by atoms with van der Waals surface area (Å²) in [5.74, 6) is 0.0927. The van der Waals surface area contributed by atoms with Gasteiger partial charge in [0.05, 0.1) is 17.6 Å². The number of rotatable bonds is 4. The Morgan fingerprint density at radius 1 is 1.48 bits per heavy atom. The Balaban J connectivity index is 1.78. The summed E-state index contributed by atoms with van der Waals surface area (Å²) >= 11 is 0. The highest BCUT2D eigenvalue weighted by Crippen LogP contribution is 2.35. The van der Waals surface area contributed by atoms with Crippen molar-refractivity contribution in [2.24, 2.45) is 5.41 Å². The lowest BCUT2D eigenvalue weighted by Crippen LogP contribution is -2.45. The first-order chi connectivity index (χ1) is 10.2. The Labute approximate surface area is 125 Å². The summed E-state index contributed by atoms with van der Waals surface area (Å²) in [6.07, 6.45) is 2.89. The molecule has 114 valence electrons. The van der Waals surface area contributed by atoms with Gasteiger partial charge in [0.2, 0.25) is 5.91 Å². The molecule has 3 atom stereocenters. The molecule has 2 aliphatic rings. The van der Waals surface area contributed by atoms with E-state index in [1.165, 1.54) is 0 Å². The zero-order valence-corrected chi connectivity index (χ0v) is 12.6. The second-order valence-electron chi connectivity index (χ2n) is 6.38. The second kappa shape index (κ2) is 5.78. The van der Waals surface area contributed by atoms with Crippen LogP contribution in [0.25, 0.3) is 0 Å². The zero-order chi connectivity index (χ0) is 14.9. The van der Waals surface area contributed by atoms with Crippen LogP contribution in [0.3, 0.4) is 0 Å². The minimum Gasteiger partial charge on any atom is -0.390 e. The Kier molecular flexibility index (Phi) is 4.00. The van der Waals surface area contributed by atoms with E-state index in [2.05, 4.69) is 17.6 Å². The predicted octanol–water partition coefficient (Wildman–Crippen LogP) is 1.54. The fourth-order valence-electron chi connectivity index (χ4n) is 3.79. The van der Waals surface area contributed by atoms with Crippen molar-refractivity contribution in [2.75, 3.05) is 13.1 Å². The molecule has 0 radical (unpaired) electrons. The maximum Gasteiger partial charge on any atom is 0.228 e. The Hall–Kier alpha value is -1.39. The summed E-state index contributed by atoms with van der Waals surface area (Å²) in [5.41, 5.74) is 1.91. The van der Waals surface area contributed by atoms with Crippen molar-refractivity contribution in [1.82, 2.24) is 10.6 Å². The van der Waals surface area contributed by atoms with Crippen LogP contribution in [-0.2, 0) is 11.2 Å². The molecule has 1 fully saturated rings. The van der Waals surface area contributed by atoms with Crippen LogP contribution in [0.5, 0.6) is 0 Å². The fourth-order valence-corrected chi connectivity index (χ4v) is 3.79. The van der Waals surface area contributed by atoms with E-state index in [9.17, 15) is 9.90 Å². The molecule has 0 spiro atoms. The number of nitrogens with one attached hydrogen (secondary N) is 2. The van der Waals surface area contributed by atoms with Crippen molar-refractivity contribution in [2.45, 2.75) is 44.8 Å². The van der Waals surface area contributed by atoms with E-state index in [4.69, 9.17) is 0 Å². The summed E-state index contributed by atoms with van der Waals surface area (Å²) in [4.78, 5) is 12.8. The fraction of sp³-hybridized carbons (Fsp3) is 0.588. The van der Waals surface area contributed by atoms with Crippen LogP contribution >= 0.6 is 0 Å². The molecule has 1 unspecified atom stereocenters. The third-order valence-corrected chi connectivity index (χ3v) is 4.94. The molecule has 1 aliphatic carbocycles.